The van der Waals surface area contributed by atoms with E-state index in [1.165, 1.54) is 38.1 Å². The fraction of sp³-hybridized carbons (Fsp3) is 0.222. The number of nitrogens with zero attached hydrogens (tertiary/aromatic N) is 1. The Labute approximate surface area is 150 Å². The SMILES string of the molecule is CC(C)(C(=O)Cc1nc2ccccc2o1)S(=O)(=O)c1ccc(Cl)cc1. The lowest BCUT2D eigenvalue weighted by atomic mass is 10.1. The molecule has 130 valence electrons. The quantitative estimate of drug-likeness (QED) is 0.675. The number of sulfone groups is 1. The van der Waals surface area contributed by atoms with Gasteiger partial charge in [-0.2, -0.15) is 0 Å². The average Bonchev–Trinajstić information content (AvgIpc) is 2.97. The molecule has 25 heavy (non-hydrogen) atoms. The van der Waals surface area contributed by atoms with Crippen LogP contribution in [0.3, 0.4) is 0 Å². The molecule has 1 aromatic heterocycles. The molecule has 0 atom stereocenters. The Bertz CT molecular complexity index is 1000. The molecule has 0 unspecified atom stereocenters. The summed E-state index contributed by atoms with van der Waals surface area (Å²) in [6, 6.07) is 12.9. The first-order chi connectivity index (χ1) is 11.7. The normalized spacial score (nSPS) is 12.4. The molecule has 0 saturated heterocycles. The molecule has 0 aliphatic rings. The van der Waals surface area contributed by atoms with Crippen molar-refractivity contribution in [2.45, 2.75) is 29.9 Å². The molecule has 0 saturated carbocycles. The van der Waals surface area contributed by atoms with Gasteiger partial charge in [0.05, 0.1) is 11.3 Å². The number of Topliss-reactive ketones (excluding diaryl/α,β-unsaturated/α-hetero) is 1. The highest BCUT2D eigenvalue weighted by atomic mass is 35.5. The van der Waals surface area contributed by atoms with Gasteiger partial charge in [-0.3, -0.25) is 4.79 Å². The summed E-state index contributed by atoms with van der Waals surface area (Å²) in [6.07, 6.45) is -0.200. The van der Waals surface area contributed by atoms with Gasteiger partial charge in [0.1, 0.15) is 10.3 Å². The van der Waals surface area contributed by atoms with Gasteiger partial charge < -0.3 is 4.42 Å². The van der Waals surface area contributed by atoms with Crippen LogP contribution >= 0.6 is 11.6 Å². The fourth-order valence-corrected chi connectivity index (χ4v) is 3.99. The van der Waals surface area contributed by atoms with Gasteiger partial charge >= 0.3 is 0 Å². The minimum atomic E-state index is -3.88. The lowest BCUT2D eigenvalue weighted by molar-refractivity contribution is -0.120. The van der Waals surface area contributed by atoms with E-state index in [-0.39, 0.29) is 17.2 Å². The number of carbonyl (C=O) groups excluding carboxylic acids is 1. The second-order valence-corrected chi connectivity index (χ2v) is 9.08. The van der Waals surface area contributed by atoms with Gasteiger partial charge in [-0.05, 0) is 50.2 Å². The van der Waals surface area contributed by atoms with E-state index in [4.69, 9.17) is 16.0 Å². The van der Waals surface area contributed by atoms with Crippen LogP contribution in [0.15, 0.2) is 57.8 Å². The van der Waals surface area contributed by atoms with Crippen LogP contribution in [0.1, 0.15) is 19.7 Å². The van der Waals surface area contributed by atoms with Crippen LogP contribution in [-0.4, -0.2) is 23.9 Å². The van der Waals surface area contributed by atoms with Crippen molar-refractivity contribution in [2.75, 3.05) is 0 Å². The van der Waals surface area contributed by atoms with Crippen molar-refractivity contribution in [1.29, 1.82) is 0 Å². The first-order valence-corrected chi connectivity index (χ1v) is 9.46. The Morgan fingerprint density at radius 1 is 1.12 bits per heavy atom. The summed E-state index contributed by atoms with van der Waals surface area (Å²) < 4.78 is 29.6. The average molecular weight is 378 g/mol. The summed E-state index contributed by atoms with van der Waals surface area (Å²) >= 11 is 5.80. The zero-order valence-electron chi connectivity index (χ0n) is 13.7. The van der Waals surface area contributed by atoms with E-state index in [9.17, 15) is 13.2 Å². The fourth-order valence-electron chi connectivity index (χ4n) is 2.40. The number of oxazole rings is 1. The number of ketones is 1. The third-order valence-electron chi connectivity index (χ3n) is 4.12. The molecule has 0 aliphatic carbocycles. The van der Waals surface area contributed by atoms with Crippen molar-refractivity contribution >= 4 is 38.3 Å². The van der Waals surface area contributed by atoms with E-state index in [2.05, 4.69) is 4.98 Å². The maximum Gasteiger partial charge on any atom is 0.202 e. The zero-order chi connectivity index (χ0) is 18.2. The number of hydrogen-bond donors (Lipinski definition) is 0. The highest BCUT2D eigenvalue weighted by molar-refractivity contribution is 7.93. The first-order valence-electron chi connectivity index (χ1n) is 7.60. The zero-order valence-corrected chi connectivity index (χ0v) is 15.3. The van der Waals surface area contributed by atoms with Gasteiger partial charge in [-0.1, -0.05) is 23.7 Å². The van der Waals surface area contributed by atoms with Crippen LogP contribution in [0, 0.1) is 0 Å². The van der Waals surface area contributed by atoms with E-state index >= 15 is 0 Å². The Morgan fingerprint density at radius 3 is 2.40 bits per heavy atom. The van der Waals surface area contributed by atoms with Crippen LogP contribution in [0.25, 0.3) is 11.1 Å². The predicted molar refractivity (Wildman–Crippen MR) is 95.4 cm³/mol. The topological polar surface area (TPSA) is 77.2 Å². The molecule has 5 nitrogen and oxygen atoms in total. The molecule has 0 N–H and O–H groups in total. The molecule has 0 spiro atoms. The van der Waals surface area contributed by atoms with Crippen LogP contribution in [0.5, 0.6) is 0 Å². The minimum Gasteiger partial charge on any atom is -0.440 e. The number of rotatable bonds is 5. The number of hydrogen-bond acceptors (Lipinski definition) is 5. The highest BCUT2D eigenvalue weighted by Gasteiger charge is 2.42. The lowest BCUT2D eigenvalue weighted by Gasteiger charge is -2.23. The summed E-state index contributed by atoms with van der Waals surface area (Å²) in [5.74, 6) is -0.292. The number of fused-ring (bicyclic) bond motifs is 1. The second kappa shape index (κ2) is 6.28. The molecule has 3 rings (SSSR count). The van der Waals surface area contributed by atoms with Crippen molar-refractivity contribution in [1.82, 2.24) is 4.98 Å². The van der Waals surface area contributed by atoms with Gasteiger partial charge in [0.25, 0.3) is 0 Å². The molecule has 1 heterocycles. The van der Waals surface area contributed by atoms with Gasteiger partial charge in [0.15, 0.2) is 21.2 Å². The molecule has 0 amide bonds. The van der Waals surface area contributed by atoms with Crippen LogP contribution < -0.4 is 0 Å². The van der Waals surface area contributed by atoms with E-state index in [0.717, 1.165) is 0 Å². The number of aromatic nitrogens is 1. The highest BCUT2D eigenvalue weighted by Crippen LogP contribution is 2.28. The number of carbonyl (C=O) groups is 1. The number of benzene rings is 2. The van der Waals surface area contributed by atoms with E-state index in [1.54, 1.807) is 18.2 Å². The van der Waals surface area contributed by atoms with E-state index in [0.29, 0.717) is 16.1 Å². The molecular formula is C18H16ClNO4S. The van der Waals surface area contributed by atoms with Crippen molar-refractivity contribution in [2.24, 2.45) is 0 Å². The minimum absolute atomic E-state index is 0.0489. The summed E-state index contributed by atoms with van der Waals surface area (Å²) in [7, 11) is -3.88. The first kappa shape index (κ1) is 17.6. The van der Waals surface area contributed by atoms with Crippen molar-refractivity contribution in [3.05, 3.63) is 59.4 Å². The lowest BCUT2D eigenvalue weighted by Crippen LogP contribution is -2.41. The summed E-state index contributed by atoms with van der Waals surface area (Å²) in [5.41, 5.74) is 1.19. The van der Waals surface area contributed by atoms with Crippen LogP contribution in [-0.2, 0) is 21.1 Å². The van der Waals surface area contributed by atoms with Gasteiger partial charge in [0.2, 0.25) is 5.89 Å². The Kier molecular flexibility index (Phi) is 4.43. The second-order valence-electron chi connectivity index (χ2n) is 6.14. The standard InChI is InChI=1S/C18H16ClNO4S/c1-18(2,25(22,23)13-9-7-12(19)8-10-13)16(21)11-17-20-14-5-3-4-6-15(14)24-17/h3-10H,11H2,1-2H3. The maximum absolute atomic E-state index is 12.9. The smallest absolute Gasteiger partial charge is 0.202 e. The number of para-hydroxylation sites is 2. The maximum atomic E-state index is 12.9. The molecule has 0 fully saturated rings. The van der Waals surface area contributed by atoms with Gasteiger partial charge in [-0.15, -0.1) is 0 Å². The van der Waals surface area contributed by atoms with Crippen LogP contribution in [0.4, 0.5) is 0 Å². The monoisotopic (exact) mass is 377 g/mol. The molecule has 7 heteroatoms. The largest absolute Gasteiger partial charge is 0.440 e. The molecular weight excluding hydrogens is 362 g/mol. The van der Waals surface area contributed by atoms with Crippen molar-refractivity contribution in [3.8, 4) is 0 Å². The van der Waals surface area contributed by atoms with Crippen LogP contribution in [0.2, 0.25) is 5.02 Å². The van der Waals surface area contributed by atoms with Gasteiger partial charge in [0, 0.05) is 5.02 Å². The summed E-state index contributed by atoms with van der Waals surface area (Å²) in [5, 5.41) is 0.426. The Morgan fingerprint density at radius 2 is 1.76 bits per heavy atom. The molecule has 3 aromatic rings. The summed E-state index contributed by atoms with van der Waals surface area (Å²) in [4.78, 5) is 17.0. The third-order valence-corrected chi connectivity index (χ3v) is 6.83. The summed E-state index contributed by atoms with van der Waals surface area (Å²) in [6.45, 7) is 2.78. The van der Waals surface area contributed by atoms with Crippen molar-refractivity contribution < 1.29 is 17.6 Å². The van der Waals surface area contributed by atoms with E-state index < -0.39 is 20.4 Å². The Balaban J connectivity index is 1.90. The van der Waals surface area contributed by atoms with Gasteiger partial charge in [-0.25, -0.2) is 13.4 Å². The molecule has 0 aliphatic heterocycles. The number of halogens is 1. The molecule has 2 aromatic carbocycles. The third kappa shape index (κ3) is 3.19. The molecule has 0 bridgehead atoms. The van der Waals surface area contributed by atoms with Crippen molar-refractivity contribution in [3.63, 3.8) is 0 Å². The van der Waals surface area contributed by atoms with E-state index in [1.807, 2.05) is 6.07 Å². The molecule has 0 radical (unpaired) electrons. The Hall–Kier alpha value is -2.18. The predicted octanol–water partition coefficient (Wildman–Crippen LogP) is 3.85.